The molecule has 126 valence electrons. The van der Waals surface area contributed by atoms with Crippen molar-refractivity contribution in [3.63, 3.8) is 0 Å². The Kier molecular flexibility index (Phi) is 4.10. The van der Waals surface area contributed by atoms with Crippen molar-refractivity contribution in [2.24, 2.45) is 0 Å². The molecule has 0 bridgehead atoms. The normalized spacial score (nSPS) is 15.6. The van der Waals surface area contributed by atoms with Gasteiger partial charge >= 0.3 is 0 Å². The predicted octanol–water partition coefficient (Wildman–Crippen LogP) is 3.23. The Hall–Kier alpha value is -2.14. The van der Waals surface area contributed by atoms with Crippen molar-refractivity contribution in [2.75, 3.05) is 6.54 Å². The minimum atomic E-state index is 0.276. The molecule has 0 radical (unpaired) electrons. The second kappa shape index (κ2) is 6.40. The third-order valence-corrected chi connectivity index (χ3v) is 5.01. The van der Waals surface area contributed by atoms with Gasteiger partial charge in [-0.15, -0.1) is 0 Å². The molecule has 0 spiro atoms. The van der Waals surface area contributed by atoms with E-state index >= 15 is 0 Å². The molecule has 0 saturated carbocycles. The van der Waals surface area contributed by atoms with Gasteiger partial charge in [0.05, 0.1) is 16.7 Å². The molecule has 1 unspecified atom stereocenters. The van der Waals surface area contributed by atoms with Crippen LogP contribution in [0.25, 0.3) is 11.0 Å². The van der Waals surface area contributed by atoms with Crippen LogP contribution in [0.5, 0.6) is 0 Å². The number of benzene rings is 1. The van der Waals surface area contributed by atoms with E-state index in [0.717, 1.165) is 31.0 Å². The Bertz CT molecular complexity index is 821. The van der Waals surface area contributed by atoms with Gasteiger partial charge in [-0.05, 0) is 51.3 Å². The topological polar surface area (TPSA) is 47.7 Å². The van der Waals surface area contributed by atoms with E-state index in [2.05, 4.69) is 57.7 Å². The molecule has 3 aromatic rings. The summed E-state index contributed by atoms with van der Waals surface area (Å²) in [6.45, 7) is 7.18. The average Bonchev–Trinajstić information content (AvgIpc) is 3.16. The maximum Gasteiger partial charge on any atom is 0.106 e. The number of imidazole rings is 1. The molecule has 0 amide bonds. The van der Waals surface area contributed by atoms with Crippen LogP contribution in [0.1, 0.15) is 43.0 Å². The van der Waals surface area contributed by atoms with Crippen LogP contribution in [0.3, 0.4) is 0 Å². The number of aryl methyl sites for hydroxylation is 3. The highest BCUT2D eigenvalue weighted by molar-refractivity contribution is 5.75. The molecule has 3 heterocycles. The van der Waals surface area contributed by atoms with Gasteiger partial charge in [-0.2, -0.15) is 5.10 Å². The molecule has 1 atom stereocenters. The molecule has 24 heavy (non-hydrogen) atoms. The van der Waals surface area contributed by atoms with E-state index in [1.54, 1.807) is 0 Å². The first-order valence-corrected chi connectivity index (χ1v) is 8.94. The van der Waals surface area contributed by atoms with Gasteiger partial charge in [0, 0.05) is 31.4 Å². The Morgan fingerprint density at radius 2 is 2.12 bits per heavy atom. The van der Waals surface area contributed by atoms with Crippen LogP contribution >= 0.6 is 0 Å². The van der Waals surface area contributed by atoms with E-state index in [1.807, 2.05) is 6.07 Å². The monoisotopic (exact) mass is 323 g/mol. The Morgan fingerprint density at radius 3 is 3.00 bits per heavy atom. The number of para-hydroxylation sites is 2. The lowest BCUT2D eigenvalue weighted by Crippen LogP contribution is -2.24. The van der Waals surface area contributed by atoms with E-state index in [1.165, 1.54) is 36.2 Å². The van der Waals surface area contributed by atoms with Crippen molar-refractivity contribution < 1.29 is 0 Å². The Labute approximate surface area is 142 Å². The van der Waals surface area contributed by atoms with Crippen LogP contribution in [0.4, 0.5) is 0 Å². The van der Waals surface area contributed by atoms with Gasteiger partial charge in [-0.3, -0.25) is 4.68 Å². The zero-order chi connectivity index (χ0) is 16.5. The smallest absolute Gasteiger partial charge is 0.106 e. The number of hydrogen-bond acceptors (Lipinski definition) is 3. The van der Waals surface area contributed by atoms with Crippen molar-refractivity contribution in [2.45, 2.75) is 52.2 Å². The molecule has 1 N–H and O–H groups in total. The van der Waals surface area contributed by atoms with Gasteiger partial charge in [0.25, 0.3) is 0 Å². The third-order valence-electron chi connectivity index (χ3n) is 5.01. The third kappa shape index (κ3) is 2.84. The zero-order valence-electron chi connectivity index (χ0n) is 14.5. The van der Waals surface area contributed by atoms with Gasteiger partial charge < -0.3 is 9.88 Å². The number of fused-ring (bicyclic) bond motifs is 2. The van der Waals surface area contributed by atoms with E-state index in [9.17, 15) is 0 Å². The minimum Gasteiger partial charge on any atom is -0.327 e. The number of nitrogens with zero attached hydrogens (tertiary/aromatic N) is 4. The summed E-state index contributed by atoms with van der Waals surface area (Å²) in [6.07, 6.45) is 3.71. The zero-order valence-corrected chi connectivity index (χ0v) is 14.5. The minimum absolute atomic E-state index is 0.276. The summed E-state index contributed by atoms with van der Waals surface area (Å²) in [4.78, 5) is 4.63. The number of aromatic nitrogens is 4. The highest BCUT2D eigenvalue weighted by Gasteiger charge is 2.16. The number of hydrogen-bond donors (Lipinski definition) is 1. The van der Waals surface area contributed by atoms with Crippen molar-refractivity contribution in [1.29, 1.82) is 0 Å². The number of rotatable bonds is 5. The lowest BCUT2D eigenvalue weighted by Gasteiger charge is -2.13. The highest BCUT2D eigenvalue weighted by atomic mass is 15.3. The quantitative estimate of drug-likeness (QED) is 0.784. The van der Waals surface area contributed by atoms with Crippen molar-refractivity contribution in [3.05, 3.63) is 47.5 Å². The Balaban J connectivity index is 1.41. The van der Waals surface area contributed by atoms with Crippen LogP contribution in [-0.4, -0.2) is 25.9 Å². The van der Waals surface area contributed by atoms with Gasteiger partial charge in [0.15, 0.2) is 0 Å². The summed E-state index contributed by atoms with van der Waals surface area (Å²) in [5, 5.41) is 8.38. The summed E-state index contributed by atoms with van der Waals surface area (Å²) >= 11 is 0. The molecule has 5 nitrogen and oxygen atoms in total. The lowest BCUT2D eigenvalue weighted by molar-refractivity contribution is 0.471. The van der Waals surface area contributed by atoms with Crippen molar-refractivity contribution >= 4 is 11.0 Å². The first kappa shape index (κ1) is 15.4. The Morgan fingerprint density at radius 1 is 1.25 bits per heavy atom. The second-order valence-electron chi connectivity index (χ2n) is 6.72. The molecule has 1 aliphatic rings. The van der Waals surface area contributed by atoms with Gasteiger partial charge in [0.2, 0.25) is 0 Å². The molecule has 0 aliphatic carbocycles. The second-order valence-corrected chi connectivity index (χ2v) is 6.72. The fourth-order valence-electron chi connectivity index (χ4n) is 3.63. The van der Waals surface area contributed by atoms with E-state index in [0.29, 0.717) is 0 Å². The van der Waals surface area contributed by atoms with Crippen LogP contribution < -0.4 is 5.32 Å². The highest BCUT2D eigenvalue weighted by Crippen LogP contribution is 2.19. The van der Waals surface area contributed by atoms with Crippen LogP contribution in [-0.2, 0) is 19.5 Å². The molecule has 5 heteroatoms. The van der Waals surface area contributed by atoms with E-state index in [4.69, 9.17) is 5.10 Å². The molecule has 1 aliphatic heterocycles. The SMILES string of the molecule is Cc1nc2ccccc2n1CCNC(C)c1cc2n(n1)CCCC2. The lowest BCUT2D eigenvalue weighted by atomic mass is 10.1. The summed E-state index contributed by atoms with van der Waals surface area (Å²) in [5.74, 6) is 1.07. The summed E-state index contributed by atoms with van der Waals surface area (Å²) in [7, 11) is 0. The largest absolute Gasteiger partial charge is 0.327 e. The summed E-state index contributed by atoms with van der Waals surface area (Å²) < 4.78 is 4.47. The van der Waals surface area contributed by atoms with Crippen LogP contribution in [0.15, 0.2) is 30.3 Å². The summed E-state index contributed by atoms with van der Waals surface area (Å²) in [5.41, 5.74) is 4.84. The van der Waals surface area contributed by atoms with Gasteiger partial charge in [-0.1, -0.05) is 12.1 Å². The maximum absolute atomic E-state index is 4.77. The molecular weight excluding hydrogens is 298 g/mol. The molecule has 1 aromatic carbocycles. The van der Waals surface area contributed by atoms with Gasteiger partial charge in [-0.25, -0.2) is 4.98 Å². The van der Waals surface area contributed by atoms with E-state index < -0.39 is 0 Å². The van der Waals surface area contributed by atoms with Crippen molar-refractivity contribution in [3.8, 4) is 0 Å². The summed E-state index contributed by atoms with van der Waals surface area (Å²) in [6, 6.07) is 10.9. The molecule has 0 fully saturated rings. The standard InChI is InChI=1S/C19H25N5/c1-14(18-13-16-7-5-6-11-24(16)22-18)20-10-12-23-15(2)21-17-8-3-4-9-19(17)23/h3-4,8-9,13-14,20H,5-7,10-12H2,1-2H3. The molecular formula is C19H25N5. The van der Waals surface area contributed by atoms with Crippen molar-refractivity contribution in [1.82, 2.24) is 24.6 Å². The molecule has 4 rings (SSSR count). The first-order chi connectivity index (χ1) is 11.7. The number of nitrogens with one attached hydrogen (secondary N) is 1. The fraction of sp³-hybridized carbons (Fsp3) is 0.474. The fourth-order valence-corrected chi connectivity index (χ4v) is 3.63. The van der Waals surface area contributed by atoms with Crippen LogP contribution in [0.2, 0.25) is 0 Å². The first-order valence-electron chi connectivity index (χ1n) is 8.94. The maximum atomic E-state index is 4.77. The van der Waals surface area contributed by atoms with E-state index in [-0.39, 0.29) is 6.04 Å². The predicted molar refractivity (Wildman–Crippen MR) is 96.1 cm³/mol. The van der Waals surface area contributed by atoms with Gasteiger partial charge in [0.1, 0.15) is 5.82 Å². The average molecular weight is 323 g/mol. The molecule has 2 aromatic heterocycles. The molecule has 0 saturated heterocycles. The van der Waals surface area contributed by atoms with Crippen LogP contribution in [0, 0.1) is 6.92 Å².